The van der Waals surface area contributed by atoms with Crippen molar-refractivity contribution in [2.75, 3.05) is 0 Å². The minimum atomic E-state index is 0.747. The fourth-order valence-corrected chi connectivity index (χ4v) is 3.01. The number of nitriles is 1. The lowest BCUT2D eigenvalue weighted by molar-refractivity contribution is 0.396. The highest BCUT2D eigenvalue weighted by Crippen LogP contribution is 2.45. The van der Waals surface area contributed by atoms with Crippen LogP contribution in [0, 0.1) is 29.1 Å². The fraction of sp³-hybridized carbons (Fsp3) is 0.769. The summed E-state index contributed by atoms with van der Waals surface area (Å²) in [7, 11) is 0. The topological polar surface area (TPSA) is 23.8 Å². The van der Waals surface area contributed by atoms with Gasteiger partial charge < -0.3 is 0 Å². The third kappa shape index (κ3) is 2.18. The highest BCUT2D eigenvalue weighted by molar-refractivity contribution is 5.09. The van der Waals surface area contributed by atoms with Gasteiger partial charge in [-0.05, 0) is 43.4 Å². The van der Waals surface area contributed by atoms with Crippen molar-refractivity contribution in [1.29, 1.82) is 5.26 Å². The van der Waals surface area contributed by atoms with E-state index in [0.29, 0.717) is 0 Å². The lowest BCUT2D eigenvalue weighted by Crippen LogP contribution is -2.06. The molecule has 0 aliphatic heterocycles. The smallest absolute Gasteiger partial charge is 0.0621 e. The first kappa shape index (κ1) is 9.77. The van der Waals surface area contributed by atoms with E-state index in [2.05, 4.69) is 18.2 Å². The molecule has 0 N–H and O–H groups in total. The molecule has 0 amide bonds. The van der Waals surface area contributed by atoms with E-state index in [9.17, 15) is 0 Å². The molecule has 2 aliphatic rings. The molecule has 0 aromatic rings. The van der Waals surface area contributed by atoms with Crippen LogP contribution < -0.4 is 0 Å². The van der Waals surface area contributed by atoms with Crippen molar-refractivity contribution in [3.8, 4) is 6.07 Å². The highest BCUT2D eigenvalue weighted by atomic mass is 14.4. The van der Waals surface area contributed by atoms with E-state index < -0.39 is 0 Å². The summed E-state index contributed by atoms with van der Waals surface area (Å²) in [6, 6.07) is 2.21. The minimum Gasteiger partial charge on any atom is -0.198 e. The van der Waals surface area contributed by atoms with Gasteiger partial charge in [-0.25, -0.2) is 0 Å². The van der Waals surface area contributed by atoms with Crippen LogP contribution in [-0.2, 0) is 0 Å². The van der Waals surface area contributed by atoms with Gasteiger partial charge in [-0.3, -0.25) is 0 Å². The molecule has 3 atom stereocenters. The van der Waals surface area contributed by atoms with Gasteiger partial charge in [-0.1, -0.05) is 25.0 Å². The molecule has 1 saturated carbocycles. The van der Waals surface area contributed by atoms with Crippen molar-refractivity contribution in [1.82, 2.24) is 0 Å². The zero-order valence-electron chi connectivity index (χ0n) is 8.78. The SMILES string of the molecule is N#CCCCCCC1CC2C=CC1C2. The number of hydrogen-bond donors (Lipinski definition) is 0. The van der Waals surface area contributed by atoms with Gasteiger partial charge in [-0.2, -0.15) is 5.26 Å². The van der Waals surface area contributed by atoms with Gasteiger partial charge in [0, 0.05) is 6.42 Å². The largest absolute Gasteiger partial charge is 0.198 e. The predicted octanol–water partition coefficient (Wildman–Crippen LogP) is 3.67. The summed E-state index contributed by atoms with van der Waals surface area (Å²) in [6.07, 6.45) is 13.6. The summed E-state index contributed by atoms with van der Waals surface area (Å²) < 4.78 is 0. The molecule has 2 rings (SSSR count). The van der Waals surface area contributed by atoms with Crippen LogP contribution in [0.5, 0.6) is 0 Å². The Labute approximate surface area is 86.8 Å². The third-order valence-electron chi connectivity index (χ3n) is 3.78. The molecule has 0 radical (unpaired) electrons. The Morgan fingerprint density at radius 1 is 1.14 bits per heavy atom. The zero-order valence-corrected chi connectivity index (χ0v) is 8.78. The Hall–Kier alpha value is -0.770. The quantitative estimate of drug-likeness (QED) is 0.478. The molecule has 76 valence electrons. The summed E-state index contributed by atoms with van der Waals surface area (Å²) in [5.74, 6) is 2.81. The summed E-state index contributed by atoms with van der Waals surface area (Å²) in [5.41, 5.74) is 0. The molecular weight excluding hydrogens is 170 g/mol. The van der Waals surface area contributed by atoms with Crippen LogP contribution >= 0.6 is 0 Å². The van der Waals surface area contributed by atoms with Crippen molar-refractivity contribution in [3.63, 3.8) is 0 Å². The van der Waals surface area contributed by atoms with Crippen LogP contribution in [0.15, 0.2) is 12.2 Å². The summed E-state index contributed by atoms with van der Waals surface area (Å²) in [6.45, 7) is 0. The number of nitrogens with zero attached hydrogens (tertiary/aromatic N) is 1. The molecular formula is C13H19N. The molecule has 2 bridgehead atoms. The molecule has 1 fully saturated rings. The molecule has 0 aromatic carbocycles. The highest BCUT2D eigenvalue weighted by Gasteiger charge is 2.34. The average Bonchev–Trinajstić information content (AvgIpc) is 2.79. The second kappa shape index (κ2) is 4.64. The van der Waals surface area contributed by atoms with Crippen molar-refractivity contribution in [2.45, 2.75) is 44.9 Å². The van der Waals surface area contributed by atoms with Gasteiger partial charge in [-0.15, -0.1) is 0 Å². The lowest BCUT2D eigenvalue weighted by Gasteiger charge is -2.17. The van der Waals surface area contributed by atoms with E-state index >= 15 is 0 Å². The molecule has 1 nitrogen and oxygen atoms in total. The van der Waals surface area contributed by atoms with Gasteiger partial charge in [0.15, 0.2) is 0 Å². The number of rotatable bonds is 5. The normalized spacial score (nSPS) is 33.5. The summed E-state index contributed by atoms with van der Waals surface area (Å²) in [4.78, 5) is 0. The first-order valence-corrected chi connectivity index (χ1v) is 5.95. The number of fused-ring (bicyclic) bond motifs is 2. The minimum absolute atomic E-state index is 0.747. The van der Waals surface area contributed by atoms with E-state index in [1.165, 1.54) is 32.1 Å². The lowest BCUT2D eigenvalue weighted by atomic mass is 9.88. The van der Waals surface area contributed by atoms with Crippen LogP contribution in [0.2, 0.25) is 0 Å². The van der Waals surface area contributed by atoms with Crippen molar-refractivity contribution in [2.24, 2.45) is 17.8 Å². The average molecular weight is 189 g/mol. The molecule has 14 heavy (non-hydrogen) atoms. The first-order chi connectivity index (χ1) is 6.90. The Morgan fingerprint density at radius 3 is 2.71 bits per heavy atom. The van der Waals surface area contributed by atoms with E-state index in [0.717, 1.165) is 30.6 Å². The van der Waals surface area contributed by atoms with E-state index in [-0.39, 0.29) is 0 Å². The molecule has 1 heteroatoms. The van der Waals surface area contributed by atoms with E-state index in [1.807, 2.05) is 0 Å². The standard InChI is InChI=1S/C13H19N/c14-8-4-2-1-3-5-12-9-11-6-7-13(12)10-11/h6-7,11-13H,1-5,9-10H2. The van der Waals surface area contributed by atoms with Crippen molar-refractivity contribution >= 4 is 0 Å². The summed E-state index contributed by atoms with van der Waals surface area (Å²) in [5, 5.41) is 8.40. The van der Waals surface area contributed by atoms with Crippen LogP contribution in [0.25, 0.3) is 0 Å². The van der Waals surface area contributed by atoms with Gasteiger partial charge in [0.2, 0.25) is 0 Å². The second-order valence-electron chi connectivity index (χ2n) is 4.80. The van der Waals surface area contributed by atoms with Crippen LogP contribution in [0.4, 0.5) is 0 Å². The number of unbranched alkanes of at least 4 members (excludes halogenated alkanes) is 3. The Morgan fingerprint density at radius 2 is 2.07 bits per heavy atom. The molecule has 0 aromatic heterocycles. The molecule has 0 heterocycles. The molecule has 0 spiro atoms. The number of allylic oxidation sites excluding steroid dienone is 2. The Kier molecular flexibility index (Phi) is 3.24. The fourth-order valence-electron chi connectivity index (χ4n) is 3.01. The molecule has 2 aliphatic carbocycles. The first-order valence-electron chi connectivity index (χ1n) is 5.95. The molecule has 3 unspecified atom stereocenters. The van der Waals surface area contributed by atoms with Crippen molar-refractivity contribution in [3.05, 3.63) is 12.2 Å². The maximum atomic E-state index is 8.40. The monoisotopic (exact) mass is 189 g/mol. The van der Waals surface area contributed by atoms with Gasteiger partial charge in [0.05, 0.1) is 6.07 Å². The maximum Gasteiger partial charge on any atom is 0.0621 e. The van der Waals surface area contributed by atoms with Gasteiger partial charge >= 0.3 is 0 Å². The zero-order chi connectivity index (χ0) is 9.80. The maximum absolute atomic E-state index is 8.40. The third-order valence-corrected chi connectivity index (χ3v) is 3.78. The van der Waals surface area contributed by atoms with Gasteiger partial charge in [0.25, 0.3) is 0 Å². The van der Waals surface area contributed by atoms with E-state index in [4.69, 9.17) is 5.26 Å². The van der Waals surface area contributed by atoms with Crippen molar-refractivity contribution < 1.29 is 0 Å². The Bertz CT molecular complexity index is 248. The number of hydrogen-bond acceptors (Lipinski definition) is 1. The summed E-state index contributed by atoms with van der Waals surface area (Å²) >= 11 is 0. The van der Waals surface area contributed by atoms with E-state index in [1.54, 1.807) is 0 Å². The molecule has 0 saturated heterocycles. The van der Waals surface area contributed by atoms with Crippen LogP contribution in [0.1, 0.15) is 44.9 Å². The predicted molar refractivity (Wildman–Crippen MR) is 57.5 cm³/mol. The van der Waals surface area contributed by atoms with Gasteiger partial charge in [0.1, 0.15) is 0 Å². The van der Waals surface area contributed by atoms with Crippen LogP contribution in [-0.4, -0.2) is 0 Å². The second-order valence-corrected chi connectivity index (χ2v) is 4.80. The van der Waals surface area contributed by atoms with Crippen LogP contribution in [0.3, 0.4) is 0 Å². The Balaban J connectivity index is 1.59.